The van der Waals surface area contributed by atoms with Crippen LogP contribution in [0, 0.1) is 0 Å². The molecule has 4 N–H and O–H groups in total. The van der Waals surface area contributed by atoms with Gasteiger partial charge in [-0.25, -0.2) is 4.98 Å². The molecule has 1 aromatic heterocycles. The van der Waals surface area contributed by atoms with E-state index >= 15 is 0 Å². The third-order valence-electron chi connectivity index (χ3n) is 2.27. The van der Waals surface area contributed by atoms with Gasteiger partial charge in [0.15, 0.2) is 0 Å². The maximum absolute atomic E-state index is 11.5. The molecule has 0 aliphatic carbocycles. The van der Waals surface area contributed by atoms with Crippen LogP contribution in [0.3, 0.4) is 0 Å². The quantitative estimate of drug-likeness (QED) is 0.686. The molecule has 0 radical (unpaired) electrons. The minimum Gasteiger partial charge on any atom is -0.508 e. The fourth-order valence-corrected chi connectivity index (χ4v) is 1.52. The van der Waals surface area contributed by atoms with Crippen LogP contribution >= 0.6 is 0 Å². The molecule has 0 saturated carbocycles. The summed E-state index contributed by atoms with van der Waals surface area (Å²) in [7, 11) is 0. The highest BCUT2D eigenvalue weighted by atomic mass is 16.3. The van der Waals surface area contributed by atoms with Crippen molar-refractivity contribution in [1.29, 1.82) is 0 Å². The highest BCUT2D eigenvalue weighted by molar-refractivity contribution is 5.63. The van der Waals surface area contributed by atoms with Gasteiger partial charge in [0, 0.05) is 12.1 Å². The molecule has 2 rings (SSSR count). The Morgan fingerprint density at radius 3 is 2.94 bits per heavy atom. The Balaban J connectivity index is 2.64. The zero-order chi connectivity index (χ0) is 11.5. The van der Waals surface area contributed by atoms with Gasteiger partial charge in [0.25, 0.3) is 5.56 Å². The van der Waals surface area contributed by atoms with Gasteiger partial charge in [0.05, 0.1) is 17.6 Å². The Morgan fingerprint density at radius 2 is 2.25 bits per heavy atom. The van der Waals surface area contributed by atoms with E-state index in [1.54, 1.807) is 24.3 Å². The zero-order valence-electron chi connectivity index (χ0n) is 8.47. The monoisotopic (exact) mass is 217 g/mol. The highest BCUT2D eigenvalue weighted by Crippen LogP contribution is 2.22. The molecule has 1 heterocycles. The van der Waals surface area contributed by atoms with Crippen molar-refractivity contribution < 1.29 is 5.11 Å². The molecular weight excluding hydrogens is 206 g/mol. The number of aromatic nitrogens is 2. The third-order valence-corrected chi connectivity index (χ3v) is 2.27. The van der Waals surface area contributed by atoms with Crippen molar-refractivity contribution in [1.82, 2.24) is 9.97 Å². The van der Waals surface area contributed by atoms with Crippen molar-refractivity contribution in [3.63, 3.8) is 0 Å². The molecule has 16 heavy (non-hydrogen) atoms. The fourth-order valence-electron chi connectivity index (χ4n) is 1.52. The second-order valence-corrected chi connectivity index (χ2v) is 3.31. The summed E-state index contributed by atoms with van der Waals surface area (Å²) in [5, 5.41) is 9.36. The lowest BCUT2D eigenvalue weighted by Crippen LogP contribution is -2.18. The van der Waals surface area contributed by atoms with Crippen LogP contribution in [0.4, 0.5) is 0 Å². The highest BCUT2D eigenvalue weighted by Gasteiger charge is 2.09. The summed E-state index contributed by atoms with van der Waals surface area (Å²) in [6.07, 6.45) is 1.32. The Bertz CT molecular complexity index is 563. The maximum atomic E-state index is 11.5. The van der Waals surface area contributed by atoms with E-state index in [0.717, 1.165) is 0 Å². The Morgan fingerprint density at radius 1 is 1.44 bits per heavy atom. The van der Waals surface area contributed by atoms with Gasteiger partial charge >= 0.3 is 0 Å². The molecule has 0 aliphatic rings. The molecule has 0 spiro atoms. The van der Waals surface area contributed by atoms with Crippen molar-refractivity contribution in [2.24, 2.45) is 5.73 Å². The SMILES string of the molecule is NCc1c(-c2cccc(O)c2)nc[nH]c1=O. The Hall–Kier alpha value is -2.14. The average Bonchev–Trinajstić information content (AvgIpc) is 2.28. The number of phenols is 1. The van der Waals surface area contributed by atoms with E-state index < -0.39 is 0 Å². The number of nitrogens with zero attached hydrogens (tertiary/aromatic N) is 1. The first kappa shape index (κ1) is 10.4. The first-order valence-electron chi connectivity index (χ1n) is 4.78. The molecule has 0 bridgehead atoms. The number of benzene rings is 1. The van der Waals surface area contributed by atoms with E-state index in [2.05, 4.69) is 9.97 Å². The molecule has 2 aromatic rings. The van der Waals surface area contributed by atoms with Crippen LogP contribution in [-0.4, -0.2) is 15.1 Å². The summed E-state index contributed by atoms with van der Waals surface area (Å²) in [5.74, 6) is 0.127. The van der Waals surface area contributed by atoms with Crippen molar-refractivity contribution >= 4 is 0 Å². The fraction of sp³-hybridized carbons (Fsp3) is 0.0909. The molecule has 1 aromatic carbocycles. The van der Waals surface area contributed by atoms with Crippen LogP contribution in [0.5, 0.6) is 5.75 Å². The third kappa shape index (κ3) is 1.80. The number of hydrogen-bond donors (Lipinski definition) is 3. The predicted molar refractivity (Wildman–Crippen MR) is 59.8 cm³/mol. The van der Waals surface area contributed by atoms with Gasteiger partial charge in [-0.3, -0.25) is 4.79 Å². The summed E-state index contributed by atoms with van der Waals surface area (Å²) < 4.78 is 0. The molecule has 82 valence electrons. The number of rotatable bonds is 2. The summed E-state index contributed by atoms with van der Waals surface area (Å²) in [5.41, 5.74) is 6.84. The Kier molecular flexibility index (Phi) is 2.70. The molecule has 0 atom stereocenters. The molecule has 0 fully saturated rings. The first-order valence-corrected chi connectivity index (χ1v) is 4.78. The number of H-pyrrole nitrogens is 1. The van der Waals surface area contributed by atoms with Gasteiger partial charge < -0.3 is 15.8 Å². The van der Waals surface area contributed by atoms with E-state index in [4.69, 9.17) is 5.73 Å². The predicted octanol–water partition coefficient (Wildman–Crippen LogP) is 0.601. The minimum absolute atomic E-state index is 0.105. The number of nitrogens with two attached hydrogens (primary N) is 1. The summed E-state index contributed by atoms with van der Waals surface area (Å²) in [6.45, 7) is 0.105. The van der Waals surface area contributed by atoms with Crippen molar-refractivity contribution in [3.05, 3.63) is 46.5 Å². The number of hydrogen-bond acceptors (Lipinski definition) is 4. The van der Waals surface area contributed by atoms with Crippen LogP contribution in [-0.2, 0) is 6.54 Å². The molecule has 0 aliphatic heterocycles. The molecule has 0 saturated heterocycles. The van der Waals surface area contributed by atoms with Gasteiger partial charge in [0.2, 0.25) is 0 Å². The lowest BCUT2D eigenvalue weighted by molar-refractivity contribution is 0.475. The number of phenolic OH excluding ortho intramolecular Hbond substituents is 1. The maximum Gasteiger partial charge on any atom is 0.255 e. The smallest absolute Gasteiger partial charge is 0.255 e. The Labute approximate surface area is 91.6 Å². The van der Waals surface area contributed by atoms with E-state index in [0.29, 0.717) is 16.8 Å². The zero-order valence-corrected chi connectivity index (χ0v) is 8.47. The number of nitrogens with one attached hydrogen (secondary N) is 1. The van der Waals surface area contributed by atoms with Gasteiger partial charge in [-0.1, -0.05) is 12.1 Å². The van der Waals surface area contributed by atoms with E-state index in [1.807, 2.05) is 0 Å². The summed E-state index contributed by atoms with van der Waals surface area (Å²) in [4.78, 5) is 18.0. The van der Waals surface area contributed by atoms with E-state index in [-0.39, 0.29) is 17.9 Å². The molecule has 5 heteroatoms. The van der Waals surface area contributed by atoms with Gasteiger partial charge in [-0.05, 0) is 12.1 Å². The van der Waals surface area contributed by atoms with Crippen LogP contribution in [0.25, 0.3) is 11.3 Å². The van der Waals surface area contributed by atoms with Crippen LogP contribution in [0.2, 0.25) is 0 Å². The molecular formula is C11H11N3O2. The van der Waals surface area contributed by atoms with E-state index in [1.165, 1.54) is 6.33 Å². The number of aromatic amines is 1. The van der Waals surface area contributed by atoms with Crippen molar-refractivity contribution in [2.45, 2.75) is 6.54 Å². The van der Waals surface area contributed by atoms with Gasteiger partial charge in [-0.15, -0.1) is 0 Å². The largest absolute Gasteiger partial charge is 0.508 e. The average molecular weight is 217 g/mol. The lowest BCUT2D eigenvalue weighted by atomic mass is 10.1. The van der Waals surface area contributed by atoms with Crippen LogP contribution < -0.4 is 11.3 Å². The molecule has 0 unspecified atom stereocenters. The number of aromatic hydroxyl groups is 1. The topological polar surface area (TPSA) is 92.0 Å². The normalized spacial score (nSPS) is 10.3. The van der Waals surface area contributed by atoms with Crippen molar-refractivity contribution in [3.8, 4) is 17.0 Å². The summed E-state index contributed by atoms with van der Waals surface area (Å²) >= 11 is 0. The lowest BCUT2D eigenvalue weighted by Gasteiger charge is -2.05. The first-order chi connectivity index (χ1) is 7.72. The van der Waals surface area contributed by atoms with Crippen molar-refractivity contribution in [2.75, 3.05) is 0 Å². The van der Waals surface area contributed by atoms with Crippen LogP contribution in [0.15, 0.2) is 35.4 Å². The van der Waals surface area contributed by atoms with E-state index in [9.17, 15) is 9.90 Å². The minimum atomic E-state index is -0.254. The standard InChI is InChI=1S/C11H11N3O2/c12-5-9-10(13-6-14-11(9)16)7-2-1-3-8(15)4-7/h1-4,6,15H,5,12H2,(H,13,14,16). The van der Waals surface area contributed by atoms with Crippen LogP contribution in [0.1, 0.15) is 5.56 Å². The summed E-state index contributed by atoms with van der Waals surface area (Å²) in [6, 6.07) is 6.55. The van der Waals surface area contributed by atoms with Gasteiger partial charge in [0.1, 0.15) is 5.75 Å². The second kappa shape index (κ2) is 4.16. The van der Waals surface area contributed by atoms with Gasteiger partial charge in [-0.2, -0.15) is 0 Å². The second-order valence-electron chi connectivity index (χ2n) is 3.31. The molecule has 0 amide bonds. The molecule has 5 nitrogen and oxygen atoms in total.